The molecule has 0 bridgehead atoms. The number of hydrogen-bond acceptors (Lipinski definition) is 6. The second-order valence-corrected chi connectivity index (χ2v) is 10.6. The second-order valence-electron chi connectivity index (χ2n) is 10.6. The molecule has 0 saturated carbocycles. The van der Waals surface area contributed by atoms with Crippen LogP contribution in [0.15, 0.2) is 72.3 Å². The molecule has 1 aliphatic rings. The molecule has 1 fully saturated rings. The Labute approximate surface area is 234 Å². The summed E-state index contributed by atoms with van der Waals surface area (Å²) in [7, 11) is 1.53. The molecule has 40 heavy (non-hydrogen) atoms. The van der Waals surface area contributed by atoms with Crippen molar-refractivity contribution in [1.29, 1.82) is 0 Å². The average Bonchev–Trinajstić information content (AvgIpc) is 3.18. The number of amides is 2. The summed E-state index contributed by atoms with van der Waals surface area (Å²) in [6, 6.07) is 18.0. The van der Waals surface area contributed by atoms with E-state index < -0.39 is 17.7 Å². The van der Waals surface area contributed by atoms with Crippen molar-refractivity contribution in [3.8, 4) is 11.5 Å². The Morgan fingerprint density at radius 2 is 1.75 bits per heavy atom. The number of hydrogen-bond donors (Lipinski definition) is 2. The van der Waals surface area contributed by atoms with Crippen molar-refractivity contribution >= 4 is 34.7 Å². The van der Waals surface area contributed by atoms with Gasteiger partial charge in [0.25, 0.3) is 11.7 Å². The second kappa shape index (κ2) is 11.3. The number of rotatable bonds is 7. The van der Waals surface area contributed by atoms with Gasteiger partial charge in [-0.3, -0.25) is 19.3 Å². The van der Waals surface area contributed by atoms with Gasteiger partial charge < -0.3 is 19.9 Å². The minimum atomic E-state index is -0.952. The Bertz CT molecular complexity index is 1500. The monoisotopic (exact) mass is 542 g/mol. The Morgan fingerprint density at radius 1 is 1.02 bits per heavy atom. The predicted molar refractivity (Wildman–Crippen MR) is 155 cm³/mol. The van der Waals surface area contributed by atoms with Gasteiger partial charge in [-0.25, -0.2) is 0 Å². The largest absolute Gasteiger partial charge is 0.507 e. The molecule has 1 atom stereocenters. The molecule has 1 saturated heterocycles. The number of anilines is 2. The summed E-state index contributed by atoms with van der Waals surface area (Å²) in [6.07, 6.45) is 0. The van der Waals surface area contributed by atoms with Crippen LogP contribution in [-0.4, -0.2) is 36.4 Å². The van der Waals surface area contributed by atoms with E-state index >= 15 is 0 Å². The molecule has 0 spiro atoms. The molecule has 208 valence electrons. The van der Waals surface area contributed by atoms with Gasteiger partial charge in [-0.2, -0.15) is 0 Å². The van der Waals surface area contributed by atoms with Crippen molar-refractivity contribution in [2.45, 2.75) is 46.1 Å². The highest BCUT2D eigenvalue weighted by Gasteiger charge is 2.47. The number of ether oxygens (including phenoxy) is 2. The number of nitrogens with zero attached hydrogens (tertiary/aromatic N) is 1. The van der Waals surface area contributed by atoms with E-state index in [4.69, 9.17) is 9.47 Å². The third-order valence-electron chi connectivity index (χ3n) is 6.66. The van der Waals surface area contributed by atoms with E-state index in [1.807, 2.05) is 27.7 Å². The highest BCUT2D eigenvalue weighted by molar-refractivity contribution is 6.51. The number of carbonyl (C=O) groups excluding carboxylic acids is 3. The van der Waals surface area contributed by atoms with Crippen molar-refractivity contribution in [2.75, 3.05) is 23.9 Å². The van der Waals surface area contributed by atoms with Crippen molar-refractivity contribution < 1.29 is 29.0 Å². The van der Waals surface area contributed by atoms with Crippen LogP contribution in [0.3, 0.4) is 0 Å². The summed E-state index contributed by atoms with van der Waals surface area (Å²) in [5.41, 5.74) is 2.32. The first-order valence-electron chi connectivity index (χ1n) is 13.1. The zero-order chi connectivity index (χ0) is 29.2. The van der Waals surface area contributed by atoms with E-state index in [0.29, 0.717) is 40.6 Å². The summed E-state index contributed by atoms with van der Waals surface area (Å²) >= 11 is 0. The first kappa shape index (κ1) is 28.4. The predicted octanol–water partition coefficient (Wildman–Crippen LogP) is 5.98. The van der Waals surface area contributed by atoms with Gasteiger partial charge in [-0.1, -0.05) is 39.0 Å². The van der Waals surface area contributed by atoms with Crippen molar-refractivity contribution in [3.05, 3.63) is 89.0 Å². The lowest BCUT2D eigenvalue weighted by Gasteiger charge is -2.26. The topological polar surface area (TPSA) is 105 Å². The van der Waals surface area contributed by atoms with E-state index in [-0.39, 0.29) is 22.7 Å². The molecule has 8 nitrogen and oxygen atoms in total. The molecule has 0 aliphatic carbocycles. The quantitative estimate of drug-likeness (QED) is 0.216. The van der Waals surface area contributed by atoms with Gasteiger partial charge in [0.15, 0.2) is 0 Å². The van der Waals surface area contributed by atoms with E-state index in [1.165, 1.54) is 18.9 Å². The first-order valence-corrected chi connectivity index (χ1v) is 13.1. The van der Waals surface area contributed by atoms with Crippen LogP contribution < -0.4 is 19.7 Å². The van der Waals surface area contributed by atoms with Gasteiger partial charge >= 0.3 is 0 Å². The van der Waals surface area contributed by atoms with Crippen LogP contribution in [0.1, 0.15) is 57.4 Å². The minimum Gasteiger partial charge on any atom is -0.507 e. The summed E-state index contributed by atoms with van der Waals surface area (Å²) in [5.74, 6) is -0.955. The molecule has 3 aromatic rings. The maximum Gasteiger partial charge on any atom is 0.300 e. The highest BCUT2D eigenvalue weighted by atomic mass is 16.5. The van der Waals surface area contributed by atoms with Crippen LogP contribution in [0.2, 0.25) is 0 Å². The lowest BCUT2D eigenvalue weighted by Crippen LogP contribution is -2.29. The van der Waals surface area contributed by atoms with Gasteiger partial charge in [0.05, 0.1) is 25.3 Å². The van der Waals surface area contributed by atoms with Gasteiger partial charge in [0.2, 0.25) is 5.91 Å². The zero-order valence-corrected chi connectivity index (χ0v) is 23.6. The summed E-state index contributed by atoms with van der Waals surface area (Å²) in [6.45, 7) is 9.87. The number of methoxy groups -OCH3 is 1. The fraction of sp³-hybridized carbons (Fsp3) is 0.281. The van der Waals surface area contributed by atoms with Crippen LogP contribution in [0, 0.1) is 0 Å². The first-order chi connectivity index (χ1) is 19.0. The molecule has 0 aromatic heterocycles. The molecule has 1 aliphatic heterocycles. The minimum absolute atomic E-state index is 0.0489. The van der Waals surface area contributed by atoms with E-state index in [1.54, 1.807) is 66.7 Å². The third-order valence-corrected chi connectivity index (χ3v) is 6.66. The van der Waals surface area contributed by atoms with Crippen LogP contribution in [0.4, 0.5) is 11.4 Å². The Kier molecular flexibility index (Phi) is 8.00. The van der Waals surface area contributed by atoms with Crippen LogP contribution >= 0.6 is 0 Å². The molecule has 2 amide bonds. The van der Waals surface area contributed by atoms with E-state index in [2.05, 4.69) is 5.32 Å². The van der Waals surface area contributed by atoms with E-state index in [9.17, 15) is 19.5 Å². The van der Waals surface area contributed by atoms with E-state index in [0.717, 1.165) is 5.56 Å². The van der Waals surface area contributed by atoms with Gasteiger partial charge in [0, 0.05) is 29.4 Å². The summed E-state index contributed by atoms with van der Waals surface area (Å²) in [5, 5.41) is 14.4. The molecule has 8 heteroatoms. The number of benzene rings is 3. The van der Waals surface area contributed by atoms with Crippen LogP contribution in [0.5, 0.6) is 11.5 Å². The summed E-state index contributed by atoms with van der Waals surface area (Å²) < 4.78 is 11.2. The zero-order valence-electron chi connectivity index (χ0n) is 23.6. The molecule has 4 rings (SSSR count). The third kappa shape index (κ3) is 5.57. The summed E-state index contributed by atoms with van der Waals surface area (Å²) in [4.78, 5) is 40.2. The molecular formula is C32H34N2O6. The molecule has 3 aromatic carbocycles. The van der Waals surface area contributed by atoms with Gasteiger partial charge in [-0.05, 0) is 66.4 Å². The standard InChI is InChI=1S/C32H34N2O6/c1-7-40-26-15-14-21(17-25(26)32(3,4)5)29(36)27-28(20-10-8-13-24(16-20)39-6)34(31(38)30(27)37)23-12-9-11-22(18-23)33-19(2)35/h8-18,28,36H,7H2,1-6H3,(H,33,35)/b29-27-. The molecular weight excluding hydrogens is 508 g/mol. The SMILES string of the molecule is CCOc1ccc(/C(O)=C2/C(=O)C(=O)N(c3cccc(NC(C)=O)c3)C2c2cccc(OC)c2)cc1C(C)(C)C. The average molecular weight is 543 g/mol. The fourth-order valence-electron chi connectivity index (χ4n) is 4.86. The maximum atomic E-state index is 13.6. The van der Waals surface area contributed by atoms with Crippen molar-refractivity contribution in [2.24, 2.45) is 0 Å². The molecule has 1 unspecified atom stereocenters. The molecule has 2 N–H and O–H groups in total. The van der Waals surface area contributed by atoms with Crippen LogP contribution in [-0.2, 0) is 19.8 Å². The van der Waals surface area contributed by atoms with Gasteiger partial charge in [0.1, 0.15) is 17.3 Å². The Balaban J connectivity index is 1.95. The van der Waals surface area contributed by atoms with Gasteiger partial charge in [-0.15, -0.1) is 0 Å². The maximum absolute atomic E-state index is 13.6. The Morgan fingerprint density at radius 3 is 2.40 bits per heavy atom. The number of aliphatic hydroxyl groups excluding tert-OH is 1. The normalized spacial score (nSPS) is 16.6. The number of carbonyl (C=O) groups is 3. The van der Waals surface area contributed by atoms with Crippen molar-refractivity contribution in [1.82, 2.24) is 0 Å². The Hall–Kier alpha value is -4.59. The number of aliphatic hydroxyl groups is 1. The fourth-order valence-corrected chi connectivity index (χ4v) is 4.86. The van der Waals surface area contributed by atoms with Crippen molar-refractivity contribution in [3.63, 3.8) is 0 Å². The van der Waals surface area contributed by atoms with Crippen LogP contribution in [0.25, 0.3) is 5.76 Å². The number of nitrogens with one attached hydrogen (secondary N) is 1. The molecule has 0 radical (unpaired) electrons. The molecule has 1 heterocycles. The highest BCUT2D eigenvalue weighted by Crippen LogP contribution is 2.44. The number of Topliss-reactive ketones (excluding diaryl/α,β-unsaturated/α-hetero) is 1. The smallest absolute Gasteiger partial charge is 0.300 e. The lowest BCUT2D eigenvalue weighted by atomic mass is 9.84. The lowest BCUT2D eigenvalue weighted by molar-refractivity contribution is -0.132. The number of ketones is 1.